The van der Waals surface area contributed by atoms with Crippen molar-refractivity contribution in [2.24, 2.45) is 0 Å². The highest BCUT2D eigenvalue weighted by Crippen LogP contribution is 2.40. The molecule has 6 N–H and O–H groups in total. The molecule has 0 aromatic heterocycles. The lowest BCUT2D eigenvalue weighted by molar-refractivity contribution is -0.670. The van der Waals surface area contributed by atoms with Gasteiger partial charge in [0.2, 0.25) is 0 Å². The number of quaternary nitrogens is 2. The molecule has 0 aliphatic carbocycles. The van der Waals surface area contributed by atoms with Crippen molar-refractivity contribution in [3.8, 4) is 0 Å². The predicted molar refractivity (Wildman–Crippen MR) is 116 cm³/mol. The molecule has 12 heteroatoms. The molecule has 10 nitrogen and oxygen atoms in total. The average Bonchev–Trinajstić information content (AvgIpc) is 2.76. The molecule has 2 heterocycles. The van der Waals surface area contributed by atoms with E-state index in [9.17, 15) is 18.9 Å². The van der Waals surface area contributed by atoms with Crippen LogP contribution in [0.2, 0.25) is 0 Å². The highest BCUT2D eigenvalue weighted by atomic mass is 31.2. The van der Waals surface area contributed by atoms with Gasteiger partial charge >= 0.3 is 0 Å². The SMILES string of the molecule is C1COCC[NH2+]1.C1COCC[NH2+]1.O=P([O-])(O)Cc1cccc2c(CP(=O)([O-])O)cccc12. The Bertz CT molecular complexity index is 825. The number of hydrogen-bond acceptors (Lipinski definition) is 6. The molecule has 2 aromatic carbocycles. The summed E-state index contributed by atoms with van der Waals surface area (Å²) in [6, 6.07) is 9.51. The van der Waals surface area contributed by atoms with Gasteiger partial charge in [0.25, 0.3) is 0 Å². The Hall–Kier alpha value is -1.16. The lowest BCUT2D eigenvalue weighted by Gasteiger charge is -2.19. The first-order valence-electron chi connectivity index (χ1n) is 10.5. The molecule has 0 radical (unpaired) electrons. The molecule has 180 valence electrons. The first-order valence-corrected chi connectivity index (χ1v) is 14.0. The van der Waals surface area contributed by atoms with Gasteiger partial charge in [-0.25, -0.2) is 0 Å². The van der Waals surface area contributed by atoms with Gasteiger partial charge in [-0.3, -0.25) is 0 Å². The van der Waals surface area contributed by atoms with Gasteiger partial charge in [-0.1, -0.05) is 36.4 Å². The van der Waals surface area contributed by atoms with Crippen molar-refractivity contribution in [1.29, 1.82) is 0 Å². The van der Waals surface area contributed by atoms with Crippen LogP contribution in [-0.2, 0) is 30.9 Å². The third-order valence-corrected chi connectivity index (χ3v) is 6.19. The Labute approximate surface area is 187 Å². The maximum absolute atomic E-state index is 11.0. The van der Waals surface area contributed by atoms with Crippen LogP contribution in [0, 0.1) is 0 Å². The zero-order valence-electron chi connectivity index (χ0n) is 17.9. The molecule has 2 fully saturated rings. The number of fused-ring (bicyclic) bond motifs is 1. The largest absolute Gasteiger partial charge is 0.778 e. The van der Waals surface area contributed by atoms with Gasteiger partial charge in [-0.15, -0.1) is 0 Å². The van der Waals surface area contributed by atoms with Gasteiger partial charge in [0.15, 0.2) is 0 Å². The van der Waals surface area contributed by atoms with E-state index in [0.717, 1.165) is 52.6 Å². The average molecular weight is 490 g/mol. The Kier molecular flexibility index (Phi) is 11.4. The summed E-state index contributed by atoms with van der Waals surface area (Å²) in [5.74, 6) is 0. The van der Waals surface area contributed by atoms with Gasteiger partial charge in [-0.05, 0) is 21.9 Å². The number of ether oxygens (including phenoxy) is 2. The molecule has 2 saturated heterocycles. The van der Waals surface area contributed by atoms with Crippen LogP contribution < -0.4 is 20.4 Å². The van der Waals surface area contributed by atoms with Crippen LogP contribution in [-0.4, -0.2) is 62.4 Å². The van der Waals surface area contributed by atoms with Crippen molar-refractivity contribution < 1.29 is 48.8 Å². The van der Waals surface area contributed by atoms with Gasteiger partial charge in [0, 0.05) is 12.3 Å². The van der Waals surface area contributed by atoms with E-state index in [0.29, 0.717) is 21.9 Å². The second-order valence-electron chi connectivity index (χ2n) is 7.48. The van der Waals surface area contributed by atoms with Gasteiger partial charge in [-0.2, -0.15) is 0 Å². The molecule has 0 bridgehead atoms. The number of nitrogens with two attached hydrogens (primary N) is 2. The lowest BCUT2D eigenvalue weighted by atomic mass is 10.0. The number of rotatable bonds is 4. The molecule has 32 heavy (non-hydrogen) atoms. The topological polar surface area (TPSA) is 172 Å². The molecule has 2 atom stereocenters. The molecule has 0 amide bonds. The van der Waals surface area contributed by atoms with E-state index in [2.05, 4.69) is 10.6 Å². The predicted octanol–water partition coefficient (Wildman–Crippen LogP) is -1.91. The van der Waals surface area contributed by atoms with Crippen molar-refractivity contribution in [2.75, 3.05) is 52.6 Å². The quantitative estimate of drug-likeness (QED) is 0.360. The maximum atomic E-state index is 11.0. The first kappa shape index (κ1) is 27.1. The molecule has 4 rings (SSSR count). The molecule has 2 aliphatic rings. The monoisotopic (exact) mass is 490 g/mol. The van der Waals surface area contributed by atoms with E-state index in [1.54, 1.807) is 36.4 Å². The van der Waals surface area contributed by atoms with Crippen molar-refractivity contribution in [3.05, 3.63) is 47.5 Å². The van der Waals surface area contributed by atoms with Crippen LogP contribution in [0.15, 0.2) is 36.4 Å². The zero-order valence-corrected chi connectivity index (χ0v) is 19.7. The first-order chi connectivity index (χ1) is 15.2. The summed E-state index contributed by atoms with van der Waals surface area (Å²) < 4.78 is 32.1. The summed E-state index contributed by atoms with van der Waals surface area (Å²) in [5.41, 5.74) is 0.757. The number of morpholine rings is 2. The zero-order chi connectivity index (χ0) is 23.5. The molecular weight excluding hydrogens is 458 g/mol. The minimum absolute atomic E-state index is 0.379. The third-order valence-electron chi connectivity index (χ3n) is 4.71. The Morgan fingerprint density at radius 3 is 1.28 bits per heavy atom. The number of benzene rings is 2. The molecular formula is C20H32N2O8P2. The Morgan fingerprint density at radius 1 is 0.719 bits per heavy atom. The van der Waals surface area contributed by atoms with Crippen LogP contribution in [0.25, 0.3) is 10.8 Å². The van der Waals surface area contributed by atoms with Crippen LogP contribution >= 0.6 is 15.2 Å². The molecule has 2 unspecified atom stereocenters. The summed E-state index contributed by atoms with van der Waals surface area (Å²) >= 11 is 0. The molecule has 0 saturated carbocycles. The van der Waals surface area contributed by atoms with E-state index in [1.165, 1.54) is 0 Å². The smallest absolute Gasteiger partial charge is 0.136 e. The molecule has 2 aromatic rings. The fraction of sp³-hybridized carbons (Fsp3) is 0.500. The highest BCUT2D eigenvalue weighted by Gasteiger charge is 2.12. The second-order valence-corrected chi connectivity index (χ2v) is 10.7. The van der Waals surface area contributed by atoms with Gasteiger partial charge < -0.3 is 48.8 Å². The van der Waals surface area contributed by atoms with Crippen LogP contribution in [0.3, 0.4) is 0 Å². The standard InChI is InChI=1S/C12H14O6P2.2C4H9NO/c13-19(14,15)7-9-3-1-5-11-10(8-20(16,17)18)4-2-6-12(9)11;2*1-3-6-4-2-5-1/h1-6H,7-8H2,(H2,13,14,15)(H2,16,17,18);2*5H,1-4H2. The van der Waals surface area contributed by atoms with Crippen molar-refractivity contribution in [2.45, 2.75) is 12.3 Å². The maximum Gasteiger partial charge on any atom is 0.136 e. The fourth-order valence-corrected chi connectivity index (χ4v) is 4.72. The van der Waals surface area contributed by atoms with Gasteiger partial charge in [0.05, 0.1) is 52.6 Å². The van der Waals surface area contributed by atoms with Crippen molar-refractivity contribution in [1.82, 2.24) is 0 Å². The Morgan fingerprint density at radius 2 is 1.06 bits per heavy atom. The highest BCUT2D eigenvalue weighted by molar-refractivity contribution is 7.49. The Balaban J connectivity index is 0.000000243. The van der Waals surface area contributed by atoms with E-state index in [-0.39, 0.29) is 0 Å². The van der Waals surface area contributed by atoms with Crippen LogP contribution in [0.5, 0.6) is 0 Å². The lowest BCUT2D eigenvalue weighted by Crippen LogP contribution is -2.87. The van der Waals surface area contributed by atoms with E-state index in [1.807, 2.05) is 0 Å². The summed E-state index contributed by atoms with van der Waals surface area (Å²) in [4.78, 5) is 39.9. The summed E-state index contributed by atoms with van der Waals surface area (Å²) in [6.07, 6.45) is -1.05. The molecule has 0 spiro atoms. The van der Waals surface area contributed by atoms with Crippen molar-refractivity contribution in [3.63, 3.8) is 0 Å². The third kappa shape index (κ3) is 11.1. The second kappa shape index (κ2) is 13.5. The minimum Gasteiger partial charge on any atom is -0.778 e. The van der Waals surface area contributed by atoms with Crippen LogP contribution in [0.4, 0.5) is 0 Å². The van der Waals surface area contributed by atoms with Crippen molar-refractivity contribution >= 4 is 26.0 Å². The minimum atomic E-state index is -4.46. The summed E-state index contributed by atoms with van der Waals surface area (Å²) in [5, 5.41) is 5.60. The molecule has 2 aliphatic heterocycles. The van der Waals surface area contributed by atoms with E-state index >= 15 is 0 Å². The normalized spacial score (nSPS) is 20.0. The number of hydrogen-bond donors (Lipinski definition) is 4. The van der Waals surface area contributed by atoms with Crippen LogP contribution in [0.1, 0.15) is 11.1 Å². The summed E-state index contributed by atoms with van der Waals surface area (Å²) in [6.45, 7) is 8.39. The summed E-state index contributed by atoms with van der Waals surface area (Å²) in [7, 11) is -8.93. The van der Waals surface area contributed by atoms with E-state index < -0.39 is 27.5 Å². The van der Waals surface area contributed by atoms with E-state index in [4.69, 9.17) is 19.3 Å². The fourth-order valence-electron chi connectivity index (χ4n) is 3.31. The van der Waals surface area contributed by atoms with Gasteiger partial charge in [0.1, 0.15) is 15.2 Å².